The summed E-state index contributed by atoms with van der Waals surface area (Å²) in [6.45, 7) is 4.60. The third-order valence-corrected chi connectivity index (χ3v) is 6.28. The number of likely N-dealkylation sites (N-methyl/N-ethyl adjacent to an activating group) is 1. The van der Waals surface area contributed by atoms with Crippen LogP contribution in [0.1, 0.15) is 37.0 Å². The first-order valence-electron chi connectivity index (χ1n) is 11.7. The fourth-order valence-electron chi connectivity index (χ4n) is 4.64. The lowest BCUT2D eigenvalue weighted by atomic mass is 9.93. The van der Waals surface area contributed by atoms with Crippen LogP contribution in [0.2, 0.25) is 0 Å². The quantitative estimate of drug-likeness (QED) is 0.360. The van der Waals surface area contributed by atoms with Crippen LogP contribution in [0.15, 0.2) is 48.5 Å². The summed E-state index contributed by atoms with van der Waals surface area (Å²) in [5.74, 6) is 0.520. The van der Waals surface area contributed by atoms with Crippen molar-refractivity contribution in [2.75, 3.05) is 25.7 Å². The molecule has 0 radical (unpaired) electrons. The van der Waals surface area contributed by atoms with Gasteiger partial charge >= 0.3 is 0 Å². The minimum atomic E-state index is -0.434. The summed E-state index contributed by atoms with van der Waals surface area (Å²) in [7, 11) is 3.73. The van der Waals surface area contributed by atoms with Crippen molar-refractivity contribution in [2.45, 2.75) is 51.7 Å². The Kier molecular flexibility index (Phi) is 10.9. The van der Waals surface area contributed by atoms with Crippen molar-refractivity contribution in [3.05, 3.63) is 65.2 Å². The van der Waals surface area contributed by atoms with Crippen LogP contribution in [0.4, 0.5) is 5.69 Å². The van der Waals surface area contributed by atoms with Crippen LogP contribution >= 0.6 is 12.6 Å². The van der Waals surface area contributed by atoms with Gasteiger partial charge in [-0.05, 0) is 73.2 Å². The highest BCUT2D eigenvalue weighted by atomic mass is 32.1. The molecule has 0 fully saturated rings. The molecule has 33 heavy (non-hydrogen) atoms. The van der Waals surface area contributed by atoms with Crippen molar-refractivity contribution in [3.8, 4) is 0 Å². The van der Waals surface area contributed by atoms with E-state index in [0.717, 1.165) is 30.4 Å². The van der Waals surface area contributed by atoms with Gasteiger partial charge in [0.05, 0.1) is 12.1 Å². The zero-order valence-corrected chi connectivity index (χ0v) is 21.4. The summed E-state index contributed by atoms with van der Waals surface area (Å²) in [4.78, 5) is 27.7. The SMILES string of the molecule is CNc1ccc(CN(C(=O)C(NC)C2Cc3ccccc3C2)[C@@H](C=O)CC(C)C)cc1.CS. The Hall–Kier alpha value is -2.31. The molecular weight excluding hydrogens is 430 g/mol. The standard InChI is InChI=1S/C26H35N3O2.CH4S/c1-18(2)13-24(17-30)29(16-19-9-11-23(27-3)12-10-19)26(31)25(28-4)22-14-20-7-5-6-8-21(20)15-22;1-2/h5-12,17-18,22,24-25,27-28H,13-16H2,1-4H3;2H,1H3/t24-,25?;/m1./s1. The van der Waals surface area contributed by atoms with E-state index in [1.165, 1.54) is 11.1 Å². The summed E-state index contributed by atoms with van der Waals surface area (Å²) in [5, 5.41) is 6.40. The minimum absolute atomic E-state index is 0.00995. The molecule has 2 atom stereocenters. The Morgan fingerprint density at radius 2 is 1.64 bits per heavy atom. The van der Waals surface area contributed by atoms with E-state index in [1.807, 2.05) is 38.4 Å². The molecule has 2 N–H and O–H groups in total. The molecule has 0 bridgehead atoms. The average molecular weight is 470 g/mol. The molecule has 180 valence electrons. The predicted octanol–water partition coefficient (Wildman–Crippen LogP) is 4.22. The number of benzene rings is 2. The Morgan fingerprint density at radius 1 is 1.06 bits per heavy atom. The predicted molar refractivity (Wildman–Crippen MR) is 141 cm³/mol. The number of anilines is 1. The van der Waals surface area contributed by atoms with Gasteiger partial charge in [-0.3, -0.25) is 4.79 Å². The summed E-state index contributed by atoms with van der Waals surface area (Å²) in [6.07, 6.45) is 5.06. The van der Waals surface area contributed by atoms with E-state index in [2.05, 4.69) is 61.4 Å². The number of hydrogen-bond donors (Lipinski definition) is 3. The van der Waals surface area contributed by atoms with Gasteiger partial charge in [0.15, 0.2) is 0 Å². The number of rotatable bonds is 10. The molecule has 2 aromatic rings. The summed E-state index contributed by atoms with van der Waals surface area (Å²) in [6, 6.07) is 15.7. The molecule has 0 aromatic heterocycles. The van der Waals surface area contributed by atoms with Gasteiger partial charge in [-0.1, -0.05) is 50.2 Å². The molecule has 3 rings (SSSR count). The van der Waals surface area contributed by atoms with E-state index in [9.17, 15) is 9.59 Å². The number of nitrogens with zero attached hydrogens (tertiary/aromatic N) is 1. The van der Waals surface area contributed by atoms with Gasteiger partial charge in [0, 0.05) is 19.3 Å². The second-order valence-corrected chi connectivity index (χ2v) is 8.95. The summed E-state index contributed by atoms with van der Waals surface area (Å²) < 4.78 is 0. The summed E-state index contributed by atoms with van der Waals surface area (Å²) in [5.41, 5.74) is 4.69. The van der Waals surface area contributed by atoms with E-state index in [0.29, 0.717) is 18.9 Å². The second kappa shape index (κ2) is 13.4. The molecule has 5 nitrogen and oxygen atoms in total. The fourth-order valence-corrected chi connectivity index (χ4v) is 4.64. The number of carbonyl (C=O) groups is 2. The van der Waals surface area contributed by atoms with Crippen molar-refractivity contribution in [1.82, 2.24) is 10.2 Å². The molecule has 0 saturated carbocycles. The molecular formula is C27H39N3O2S. The normalized spacial score (nSPS) is 14.6. The zero-order valence-electron chi connectivity index (χ0n) is 20.5. The zero-order chi connectivity index (χ0) is 24.4. The number of nitrogens with one attached hydrogen (secondary N) is 2. The number of amides is 1. The highest BCUT2D eigenvalue weighted by molar-refractivity contribution is 7.79. The molecule has 2 aromatic carbocycles. The van der Waals surface area contributed by atoms with Crippen molar-refractivity contribution >= 4 is 30.5 Å². The van der Waals surface area contributed by atoms with Gasteiger partial charge in [0.1, 0.15) is 6.29 Å². The van der Waals surface area contributed by atoms with Crippen LogP contribution < -0.4 is 10.6 Å². The maximum atomic E-state index is 13.8. The molecule has 1 aliphatic rings. The Morgan fingerprint density at radius 3 is 2.09 bits per heavy atom. The highest BCUT2D eigenvalue weighted by Crippen LogP contribution is 2.30. The van der Waals surface area contributed by atoms with Crippen LogP contribution in [0, 0.1) is 11.8 Å². The molecule has 0 saturated heterocycles. The van der Waals surface area contributed by atoms with Crippen molar-refractivity contribution in [3.63, 3.8) is 0 Å². The maximum Gasteiger partial charge on any atom is 0.240 e. The van der Waals surface area contributed by atoms with Gasteiger partial charge in [-0.2, -0.15) is 12.6 Å². The van der Waals surface area contributed by atoms with E-state index >= 15 is 0 Å². The summed E-state index contributed by atoms with van der Waals surface area (Å²) >= 11 is 3.53. The number of hydrogen-bond acceptors (Lipinski definition) is 5. The maximum absolute atomic E-state index is 13.8. The lowest BCUT2D eigenvalue weighted by Gasteiger charge is -2.34. The molecule has 1 amide bonds. The fraction of sp³-hybridized carbons (Fsp3) is 0.481. The van der Waals surface area contributed by atoms with Crippen LogP contribution in [-0.2, 0) is 29.0 Å². The second-order valence-electron chi connectivity index (χ2n) is 8.95. The first-order chi connectivity index (χ1) is 16.0. The first-order valence-corrected chi connectivity index (χ1v) is 12.6. The lowest BCUT2D eigenvalue weighted by Crippen LogP contribution is -2.53. The molecule has 1 unspecified atom stereocenters. The molecule has 0 aliphatic heterocycles. The van der Waals surface area contributed by atoms with Crippen molar-refractivity contribution < 1.29 is 9.59 Å². The Bertz CT molecular complexity index is 860. The minimum Gasteiger partial charge on any atom is -0.388 e. The smallest absolute Gasteiger partial charge is 0.240 e. The first kappa shape index (κ1) is 26.9. The topological polar surface area (TPSA) is 61.4 Å². The van der Waals surface area contributed by atoms with E-state index in [4.69, 9.17) is 0 Å². The number of fused-ring (bicyclic) bond motifs is 1. The monoisotopic (exact) mass is 469 g/mol. The molecule has 6 heteroatoms. The highest BCUT2D eigenvalue weighted by Gasteiger charge is 2.36. The van der Waals surface area contributed by atoms with Gasteiger partial charge in [0.2, 0.25) is 5.91 Å². The van der Waals surface area contributed by atoms with Crippen LogP contribution in [0.5, 0.6) is 0 Å². The van der Waals surface area contributed by atoms with Crippen LogP contribution in [0.3, 0.4) is 0 Å². The van der Waals surface area contributed by atoms with E-state index < -0.39 is 6.04 Å². The van der Waals surface area contributed by atoms with Gasteiger partial charge < -0.3 is 20.3 Å². The van der Waals surface area contributed by atoms with Crippen LogP contribution in [0.25, 0.3) is 0 Å². The largest absolute Gasteiger partial charge is 0.388 e. The van der Waals surface area contributed by atoms with Gasteiger partial charge in [-0.15, -0.1) is 0 Å². The molecule has 0 spiro atoms. The van der Waals surface area contributed by atoms with Crippen LogP contribution in [-0.4, -0.2) is 49.5 Å². The Balaban J connectivity index is 0.00000187. The van der Waals surface area contributed by atoms with Crippen molar-refractivity contribution in [1.29, 1.82) is 0 Å². The van der Waals surface area contributed by atoms with E-state index in [1.54, 1.807) is 11.2 Å². The average Bonchev–Trinajstić information content (AvgIpc) is 3.27. The number of thiol groups is 1. The Labute approximate surface area is 204 Å². The third-order valence-electron chi connectivity index (χ3n) is 6.28. The number of carbonyl (C=O) groups excluding carboxylic acids is 2. The number of aldehydes is 1. The van der Waals surface area contributed by atoms with E-state index in [-0.39, 0.29) is 17.9 Å². The van der Waals surface area contributed by atoms with Gasteiger partial charge in [0.25, 0.3) is 0 Å². The lowest BCUT2D eigenvalue weighted by molar-refractivity contribution is -0.140. The third kappa shape index (κ3) is 7.08. The van der Waals surface area contributed by atoms with Gasteiger partial charge in [-0.25, -0.2) is 0 Å². The molecule has 0 heterocycles. The molecule has 1 aliphatic carbocycles. The van der Waals surface area contributed by atoms with Crippen molar-refractivity contribution in [2.24, 2.45) is 11.8 Å².